The lowest BCUT2D eigenvalue weighted by atomic mass is 10.2. The highest BCUT2D eigenvalue weighted by Crippen LogP contribution is 2.11. The standard InChI is InChI=1S/C10H13NO4S/c1-7(2)11-16(14,15)9-5-3-4-8(6-9)10(12)13/h3-7,11H,1-2H3,(H,12,13). The molecule has 0 aliphatic carbocycles. The largest absolute Gasteiger partial charge is 0.478 e. The van der Waals surface area contributed by atoms with Gasteiger partial charge in [0.1, 0.15) is 0 Å². The van der Waals surface area contributed by atoms with Crippen LogP contribution in [-0.4, -0.2) is 25.5 Å². The molecule has 2 N–H and O–H groups in total. The van der Waals surface area contributed by atoms with E-state index in [9.17, 15) is 13.2 Å². The summed E-state index contributed by atoms with van der Waals surface area (Å²) in [5.74, 6) is -1.15. The van der Waals surface area contributed by atoms with E-state index in [2.05, 4.69) is 4.72 Å². The summed E-state index contributed by atoms with van der Waals surface area (Å²) in [5, 5.41) is 8.74. The number of benzene rings is 1. The monoisotopic (exact) mass is 243 g/mol. The van der Waals surface area contributed by atoms with Crippen LogP contribution in [0.4, 0.5) is 0 Å². The van der Waals surface area contributed by atoms with Gasteiger partial charge in [0, 0.05) is 6.04 Å². The molecule has 0 aromatic heterocycles. The molecule has 6 heteroatoms. The second-order valence-electron chi connectivity index (χ2n) is 3.61. The van der Waals surface area contributed by atoms with Gasteiger partial charge in [-0.3, -0.25) is 0 Å². The zero-order valence-corrected chi connectivity index (χ0v) is 9.78. The van der Waals surface area contributed by atoms with E-state index >= 15 is 0 Å². The number of carboxylic acid groups (broad SMARTS) is 1. The summed E-state index contributed by atoms with van der Waals surface area (Å²) >= 11 is 0. The third-order valence-corrected chi connectivity index (χ3v) is 3.44. The lowest BCUT2D eigenvalue weighted by Crippen LogP contribution is -2.30. The first-order valence-electron chi connectivity index (χ1n) is 4.68. The first kappa shape index (κ1) is 12.7. The summed E-state index contributed by atoms with van der Waals surface area (Å²) < 4.78 is 25.8. The van der Waals surface area contributed by atoms with Gasteiger partial charge in [0.2, 0.25) is 10.0 Å². The molecule has 0 aliphatic rings. The Morgan fingerprint density at radius 3 is 2.50 bits per heavy atom. The van der Waals surface area contributed by atoms with Crippen molar-refractivity contribution in [3.8, 4) is 0 Å². The fourth-order valence-electron chi connectivity index (χ4n) is 1.17. The van der Waals surface area contributed by atoms with E-state index in [1.165, 1.54) is 18.2 Å². The quantitative estimate of drug-likeness (QED) is 0.828. The molecule has 0 heterocycles. The van der Waals surface area contributed by atoms with Crippen LogP contribution in [0.5, 0.6) is 0 Å². The van der Waals surface area contributed by atoms with Crippen molar-refractivity contribution in [3.05, 3.63) is 29.8 Å². The van der Waals surface area contributed by atoms with Gasteiger partial charge in [-0.05, 0) is 32.0 Å². The number of carboxylic acids is 1. The smallest absolute Gasteiger partial charge is 0.335 e. The molecular weight excluding hydrogens is 230 g/mol. The Morgan fingerprint density at radius 2 is 2.00 bits per heavy atom. The molecule has 0 spiro atoms. The van der Waals surface area contributed by atoms with Crippen LogP contribution in [0.3, 0.4) is 0 Å². The van der Waals surface area contributed by atoms with Crippen molar-refractivity contribution in [2.75, 3.05) is 0 Å². The van der Waals surface area contributed by atoms with Gasteiger partial charge in [0.05, 0.1) is 10.5 Å². The molecular formula is C10H13NO4S. The van der Waals surface area contributed by atoms with Gasteiger partial charge in [-0.25, -0.2) is 17.9 Å². The minimum Gasteiger partial charge on any atom is -0.478 e. The molecule has 16 heavy (non-hydrogen) atoms. The van der Waals surface area contributed by atoms with Crippen molar-refractivity contribution in [2.24, 2.45) is 0 Å². The zero-order valence-electron chi connectivity index (χ0n) is 8.97. The summed E-state index contributed by atoms with van der Waals surface area (Å²) in [6, 6.07) is 5.00. The first-order valence-corrected chi connectivity index (χ1v) is 6.17. The zero-order chi connectivity index (χ0) is 12.3. The van der Waals surface area contributed by atoms with E-state index in [4.69, 9.17) is 5.11 Å². The van der Waals surface area contributed by atoms with E-state index in [-0.39, 0.29) is 16.5 Å². The Bertz CT molecular complexity index is 493. The number of rotatable bonds is 4. The van der Waals surface area contributed by atoms with Gasteiger partial charge in [-0.1, -0.05) is 6.07 Å². The minimum absolute atomic E-state index is 0.0406. The number of hydrogen-bond acceptors (Lipinski definition) is 3. The molecule has 0 saturated carbocycles. The van der Waals surface area contributed by atoms with E-state index in [1.807, 2.05) is 0 Å². The average Bonchev–Trinajstić information content (AvgIpc) is 2.16. The lowest BCUT2D eigenvalue weighted by molar-refractivity contribution is 0.0696. The Morgan fingerprint density at radius 1 is 1.38 bits per heavy atom. The molecule has 0 saturated heterocycles. The van der Waals surface area contributed by atoms with Crippen LogP contribution in [0.15, 0.2) is 29.2 Å². The van der Waals surface area contributed by atoms with Crippen molar-refractivity contribution >= 4 is 16.0 Å². The van der Waals surface area contributed by atoms with Gasteiger partial charge >= 0.3 is 5.97 Å². The Balaban J connectivity index is 3.14. The van der Waals surface area contributed by atoms with E-state index in [1.54, 1.807) is 13.8 Å². The predicted octanol–water partition coefficient (Wildman–Crippen LogP) is 1.07. The fourth-order valence-corrected chi connectivity index (χ4v) is 2.47. The second kappa shape index (κ2) is 4.63. The number of carbonyl (C=O) groups is 1. The van der Waals surface area contributed by atoms with Crippen LogP contribution in [0.2, 0.25) is 0 Å². The van der Waals surface area contributed by atoms with Crippen molar-refractivity contribution in [1.29, 1.82) is 0 Å². The molecule has 1 rings (SSSR count). The molecule has 0 amide bonds. The van der Waals surface area contributed by atoms with Crippen LogP contribution < -0.4 is 4.72 Å². The Kier molecular flexibility index (Phi) is 3.66. The van der Waals surface area contributed by atoms with Crippen molar-refractivity contribution in [2.45, 2.75) is 24.8 Å². The summed E-state index contributed by atoms with van der Waals surface area (Å²) in [7, 11) is -3.63. The Hall–Kier alpha value is -1.40. The third kappa shape index (κ3) is 3.04. The van der Waals surface area contributed by atoms with E-state index in [0.717, 1.165) is 6.07 Å². The molecule has 0 radical (unpaired) electrons. The van der Waals surface area contributed by atoms with Crippen LogP contribution in [-0.2, 0) is 10.0 Å². The third-order valence-electron chi connectivity index (χ3n) is 1.78. The van der Waals surface area contributed by atoms with Crippen molar-refractivity contribution in [3.63, 3.8) is 0 Å². The number of hydrogen-bond donors (Lipinski definition) is 2. The molecule has 0 aliphatic heterocycles. The second-order valence-corrected chi connectivity index (χ2v) is 5.32. The highest BCUT2D eigenvalue weighted by atomic mass is 32.2. The predicted molar refractivity (Wildman–Crippen MR) is 58.9 cm³/mol. The summed E-state index contributed by atoms with van der Waals surface area (Å²) in [6.07, 6.45) is 0. The minimum atomic E-state index is -3.63. The number of aromatic carboxylic acids is 1. The summed E-state index contributed by atoms with van der Waals surface area (Å²) in [4.78, 5) is 10.6. The van der Waals surface area contributed by atoms with Crippen LogP contribution in [0.25, 0.3) is 0 Å². The van der Waals surface area contributed by atoms with Gasteiger partial charge in [0.25, 0.3) is 0 Å². The van der Waals surface area contributed by atoms with Crippen LogP contribution in [0, 0.1) is 0 Å². The fraction of sp³-hybridized carbons (Fsp3) is 0.300. The molecule has 0 unspecified atom stereocenters. The summed E-state index contributed by atoms with van der Waals surface area (Å²) in [5.41, 5.74) is -0.0494. The highest BCUT2D eigenvalue weighted by Gasteiger charge is 2.16. The van der Waals surface area contributed by atoms with Crippen LogP contribution >= 0.6 is 0 Å². The van der Waals surface area contributed by atoms with Crippen LogP contribution in [0.1, 0.15) is 24.2 Å². The highest BCUT2D eigenvalue weighted by molar-refractivity contribution is 7.89. The lowest BCUT2D eigenvalue weighted by Gasteiger charge is -2.09. The normalized spacial score (nSPS) is 11.7. The molecule has 0 fully saturated rings. The SMILES string of the molecule is CC(C)NS(=O)(=O)c1cccc(C(=O)O)c1. The maximum Gasteiger partial charge on any atom is 0.335 e. The summed E-state index contributed by atoms with van der Waals surface area (Å²) in [6.45, 7) is 3.39. The molecule has 1 aromatic rings. The van der Waals surface area contributed by atoms with Gasteiger partial charge in [-0.15, -0.1) is 0 Å². The maximum absolute atomic E-state index is 11.7. The molecule has 88 valence electrons. The molecule has 0 atom stereocenters. The Labute approximate surface area is 94.2 Å². The molecule has 5 nitrogen and oxygen atoms in total. The number of sulfonamides is 1. The van der Waals surface area contributed by atoms with Gasteiger partial charge in [0.15, 0.2) is 0 Å². The van der Waals surface area contributed by atoms with E-state index < -0.39 is 16.0 Å². The van der Waals surface area contributed by atoms with Gasteiger partial charge in [-0.2, -0.15) is 0 Å². The first-order chi connectivity index (χ1) is 7.33. The van der Waals surface area contributed by atoms with Gasteiger partial charge < -0.3 is 5.11 Å². The topological polar surface area (TPSA) is 83.5 Å². The van der Waals surface area contributed by atoms with Crippen molar-refractivity contribution in [1.82, 2.24) is 4.72 Å². The van der Waals surface area contributed by atoms with E-state index in [0.29, 0.717) is 0 Å². The maximum atomic E-state index is 11.7. The molecule has 0 bridgehead atoms. The number of nitrogens with one attached hydrogen (secondary N) is 1. The molecule has 1 aromatic carbocycles. The van der Waals surface area contributed by atoms with Crippen molar-refractivity contribution < 1.29 is 18.3 Å². The average molecular weight is 243 g/mol.